The lowest BCUT2D eigenvalue weighted by molar-refractivity contribution is -0.140. The molecular formula is C35H47F2N3O2. The minimum Gasteiger partial charge on any atom is -0.342 e. The van der Waals surface area contributed by atoms with Gasteiger partial charge in [0.1, 0.15) is 11.6 Å². The van der Waals surface area contributed by atoms with Crippen molar-refractivity contribution in [3.8, 4) is 0 Å². The van der Waals surface area contributed by atoms with E-state index in [-0.39, 0.29) is 40.8 Å². The van der Waals surface area contributed by atoms with Crippen molar-refractivity contribution in [2.75, 3.05) is 26.2 Å². The minimum absolute atomic E-state index is 0.0485. The summed E-state index contributed by atoms with van der Waals surface area (Å²) in [6.07, 6.45) is 2.39. The lowest BCUT2D eigenvalue weighted by Gasteiger charge is -2.49. The van der Waals surface area contributed by atoms with E-state index in [2.05, 4.69) is 70.4 Å². The fraction of sp³-hybridized carbons (Fsp3) is 0.600. The molecule has 2 amide bonds. The molecule has 2 aliphatic heterocycles. The predicted octanol–water partition coefficient (Wildman–Crippen LogP) is 6.14. The van der Waals surface area contributed by atoms with E-state index in [1.165, 1.54) is 34.4 Å². The molecule has 0 saturated carbocycles. The maximum atomic E-state index is 15.0. The number of hydrogen-bond acceptors (Lipinski definition) is 3. The predicted molar refractivity (Wildman–Crippen MR) is 162 cm³/mol. The molecule has 42 heavy (non-hydrogen) atoms. The summed E-state index contributed by atoms with van der Waals surface area (Å²) < 4.78 is 28.8. The second kappa shape index (κ2) is 11.0. The van der Waals surface area contributed by atoms with Gasteiger partial charge in [0.2, 0.25) is 11.8 Å². The Bertz CT molecular complexity index is 1370. The first-order valence-electron chi connectivity index (χ1n) is 15.5. The number of benzene rings is 2. The third kappa shape index (κ3) is 5.27. The van der Waals surface area contributed by atoms with Crippen LogP contribution in [0.5, 0.6) is 0 Å². The zero-order valence-electron chi connectivity index (χ0n) is 26.6. The molecule has 3 aliphatic rings. The van der Waals surface area contributed by atoms with Crippen molar-refractivity contribution in [3.05, 3.63) is 69.8 Å². The monoisotopic (exact) mass is 579 g/mol. The highest BCUT2D eigenvalue weighted by molar-refractivity contribution is 5.81. The molecule has 2 aromatic carbocycles. The number of fused-ring (bicyclic) bond motifs is 2. The molecule has 2 heterocycles. The molecule has 2 saturated heterocycles. The number of carbonyl (C=O) groups is 2. The Morgan fingerprint density at radius 1 is 1.00 bits per heavy atom. The molecule has 228 valence electrons. The molecule has 0 unspecified atom stereocenters. The third-order valence-electron chi connectivity index (χ3n) is 10.5. The van der Waals surface area contributed by atoms with Gasteiger partial charge in [-0.15, -0.1) is 0 Å². The van der Waals surface area contributed by atoms with Gasteiger partial charge in [-0.3, -0.25) is 14.5 Å². The molecule has 1 spiro atoms. The molecule has 3 atom stereocenters. The van der Waals surface area contributed by atoms with E-state index < -0.39 is 17.6 Å². The van der Waals surface area contributed by atoms with Crippen LogP contribution in [0.3, 0.4) is 0 Å². The molecule has 2 fully saturated rings. The largest absolute Gasteiger partial charge is 0.342 e. The van der Waals surface area contributed by atoms with Crippen LogP contribution in [-0.4, -0.2) is 70.3 Å². The highest BCUT2D eigenvalue weighted by Crippen LogP contribution is 2.50. The Balaban J connectivity index is 1.45. The minimum atomic E-state index is -0.607. The summed E-state index contributed by atoms with van der Waals surface area (Å²) in [6.45, 7) is 18.7. The summed E-state index contributed by atoms with van der Waals surface area (Å²) in [6, 6.07) is 8.48. The number of likely N-dealkylation sites (tertiary alicyclic amines) is 2. The van der Waals surface area contributed by atoms with Crippen LogP contribution in [0.1, 0.15) is 88.1 Å². The van der Waals surface area contributed by atoms with Gasteiger partial charge in [0.05, 0.1) is 5.92 Å². The van der Waals surface area contributed by atoms with Gasteiger partial charge in [-0.25, -0.2) is 8.78 Å². The van der Waals surface area contributed by atoms with Crippen LogP contribution < -0.4 is 0 Å². The maximum Gasteiger partial charge on any atom is 0.227 e. The normalized spacial score (nSPS) is 24.0. The number of piperidine rings is 1. The zero-order valence-corrected chi connectivity index (χ0v) is 26.6. The van der Waals surface area contributed by atoms with Crippen LogP contribution >= 0.6 is 0 Å². The van der Waals surface area contributed by atoms with E-state index in [0.29, 0.717) is 31.7 Å². The van der Waals surface area contributed by atoms with Crippen LogP contribution in [0.15, 0.2) is 30.3 Å². The van der Waals surface area contributed by atoms with E-state index in [0.717, 1.165) is 25.3 Å². The number of nitrogens with zero attached hydrogens (tertiary/aromatic N) is 3. The first kappa shape index (κ1) is 30.7. The Morgan fingerprint density at radius 2 is 1.64 bits per heavy atom. The average Bonchev–Trinajstić information content (AvgIpc) is 3.45. The van der Waals surface area contributed by atoms with E-state index in [9.17, 15) is 14.0 Å². The Labute approximate surface area is 250 Å². The van der Waals surface area contributed by atoms with Gasteiger partial charge >= 0.3 is 0 Å². The second-order valence-electron chi connectivity index (χ2n) is 14.3. The maximum absolute atomic E-state index is 15.0. The molecular weight excluding hydrogens is 532 g/mol. The molecule has 0 N–H and O–H groups in total. The highest BCUT2D eigenvalue weighted by Gasteiger charge is 2.53. The summed E-state index contributed by atoms with van der Waals surface area (Å²) in [5.41, 5.74) is 5.19. The van der Waals surface area contributed by atoms with E-state index in [4.69, 9.17) is 0 Å². The van der Waals surface area contributed by atoms with E-state index in [1.807, 2.05) is 4.90 Å². The van der Waals surface area contributed by atoms with Gasteiger partial charge in [0.15, 0.2) is 0 Å². The lowest BCUT2D eigenvalue weighted by Crippen LogP contribution is -2.58. The Hall–Kier alpha value is -2.80. The number of amides is 2. The Morgan fingerprint density at radius 3 is 2.21 bits per heavy atom. The first-order chi connectivity index (χ1) is 19.6. The molecule has 5 rings (SSSR count). The number of hydrogen-bond donors (Lipinski definition) is 0. The first-order valence-corrected chi connectivity index (χ1v) is 15.5. The molecule has 2 aromatic rings. The summed E-state index contributed by atoms with van der Waals surface area (Å²) in [5, 5.41) is 0. The van der Waals surface area contributed by atoms with Gasteiger partial charge in [-0.1, -0.05) is 18.2 Å². The van der Waals surface area contributed by atoms with Crippen LogP contribution in [0, 0.1) is 31.4 Å². The zero-order chi connectivity index (χ0) is 30.7. The van der Waals surface area contributed by atoms with Gasteiger partial charge in [-0.2, -0.15) is 0 Å². The summed E-state index contributed by atoms with van der Waals surface area (Å²) in [7, 11) is 0. The summed E-state index contributed by atoms with van der Waals surface area (Å²) in [4.78, 5) is 33.5. The van der Waals surface area contributed by atoms with Crippen molar-refractivity contribution >= 4 is 11.8 Å². The quantitative estimate of drug-likeness (QED) is 0.437. The van der Waals surface area contributed by atoms with Crippen molar-refractivity contribution in [1.29, 1.82) is 0 Å². The highest BCUT2D eigenvalue weighted by atomic mass is 19.1. The van der Waals surface area contributed by atoms with Crippen LogP contribution in [0.2, 0.25) is 0 Å². The van der Waals surface area contributed by atoms with Crippen molar-refractivity contribution in [2.24, 2.45) is 5.92 Å². The number of rotatable bonds is 4. The van der Waals surface area contributed by atoms with E-state index >= 15 is 4.39 Å². The van der Waals surface area contributed by atoms with Crippen molar-refractivity contribution in [1.82, 2.24) is 14.7 Å². The third-order valence-corrected chi connectivity index (χ3v) is 10.5. The number of halogens is 2. The molecule has 0 bridgehead atoms. The van der Waals surface area contributed by atoms with Gasteiger partial charge in [-0.05, 0) is 102 Å². The van der Waals surface area contributed by atoms with Crippen molar-refractivity contribution in [3.63, 3.8) is 0 Å². The average molecular weight is 580 g/mol. The summed E-state index contributed by atoms with van der Waals surface area (Å²) in [5.74, 6) is -1.80. The van der Waals surface area contributed by atoms with Gasteiger partial charge in [0.25, 0.3) is 0 Å². The second-order valence-corrected chi connectivity index (χ2v) is 14.3. The Kier molecular flexibility index (Phi) is 8.06. The van der Waals surface area contributed by atoms with Crippen molar-refractivity contribution in [2.45, 2.75) is 104 Å². The van der Waals surface area contributed by atoms with Crippen LogP contribution in [0.4, 0.5) is 8.78 Å². The lowest BCUT2D eigenvalue weighted by atomic mass is 9.69. The SMILES string of the molecule is CC(=O)N(C(C)C)[C@@H]1Cc2cc(C)c(C)cc2C12CCN(C(=O)[C@@H]1CN(C(C)(C)C)C[C@H]1c1ccc(F)cc1F)CC2. The molecule has 0 radical (unpaired) electrons. The van der Waals surface area contributed by atoms with Gasteiger partial charge < -0.3 is 9.80 Å². The fourth-order valence-electron chi connectivity index (χ4n) is 8.08. The molecule has 7 heteroatoms. The summed E-state index contributed by atoms with van der Waals surface area (Å²) >= 11 is 0. The number of aryl methyl sites for hydroxylation is 2. The smallest absolute Gasteiger partial charge is 0.227 e. The van der Waals surface area contributed by atoms with Gasteiger partial charge in [0, 0.05) is 68.1 Å². The van der Waals surface area contributed by atoms with Crippen LogP contribution in [0.25, 0.3) is 0 Å². The number of carbonyl (C=O) groups excluding carboxylic acids is 2. The van der Waals surface area contributed by atoms with Crippen molar-refractivity contribution < 1.29 is 18.4 Å². The molecule has 5 nitrogen and oxygen atoms in total. The molecule has 0 aromatic heterocycles. The standard InChI is InChI=1S/C35H47F2N3O2/c1-21(2)40(24(5)41)32-17-25-15-22(3)23(4)16-30(25)35(32)11-13-38(14-12-35)33(42)29-20-39(34(6,7)8)19-28(29)27-10-9-26(36)18-31(27)37/h9-10,15-16,18,21,28-29,32H,11-14,17,19-20H2,1-8H3/t28-,29+,32+/m0/s1. The topological polar surface area (TPSA) is 43.9 Å². The fourth-order valence-corrected chi connectivity index (χ4v) is 8.08. The molecule has 1 aliphatic carbocycles. The van der Waals surface area contributed by atoms with Crippen LogP contribution in [-0.2, 0) is 21.4 Å². The van der Waals surface area contributed by atoms with E-state index in [1.54, 1.807) is 6.92 Å².